The molecule has 1 saturated heterocycles. The Hall–Kier alpha value is -3.32. The van der Waals surface area contributed by atoms with Crippen LogP contribution in [0.1, 0.15) is 37.8 Å². The number of aromatic nitrogens is 1. The van der Waals surface area contributed by atoms with Crippen molar-refractivity contribution in [1.29, 1.82) is 0 Å². The molecule has 1 amide bonds. The molecule has 3 aromatic rings. The summed E-state index contributed by atoms with van der Waals surface area (Å²) in [6.45, 7) is 2.71. The molecular weight excluding hydrogens is 426 g/mol. The average molecular weight is 455 g/mol. The highest BCUT2D eigenvalue weighted by molar-refractivity contribution is 5.69. The molecule has 2 atom stereocenters. The number of carbonyl (C=O) groups excluding carboxylic acids is 1. The van der Waals surface area contributed by atoms with Crippen molar-refractivity contribution >= 4 is 6.09 Å². The maximum Gasteiger partial charge on any atom is 0.410 e. The first-order chi connectivity index (χ1) is 16.0. The lowest BCUT2D eigenvalue weighted by atomic mass is 10.0. The second-order valence-corrected chi connectivity index (χ2v) is 7.84. The second-order valence-electron chi connectivity index (χ2n) is 7.84. The molecule has 174 valence electrons. The van der Waals surface area contributed by atoms with E-state index in [1.807, 2.05) is 31.2 Å². The molecule has 1 fully saturated rings. The molecule has 1 N–H and O–H groups in total. The Morgan fingerprint density at radius 1 is 1.06 bits per heavy atom. The number of hydrogen-bond donors (Lipinski definition) is 1. The number of rotatable bonds is 6. The lowest BCUT2D eigenvalue weighted by Gasteiger charge is -2.35. The molecule has 2 unspecified atom stereocenters. The molecular formula is C26H28F2N2O3. The summed E-state index contributed by atoms with van der Waals surface area (Å²) in [5.41, 5.74) is 2.58. The van der Waals surface area contributed by atoms with Crippen LogP contribution in [0.3, 0.4) is 0 Å². The Labute approximate surface area is 192 Å². The van der Waals surface area contributed by atoms with E-state index in [1.165, 1.54) is 24.4 Å². The van der Waals surface area contributed by atoms with Crippen LogP contribution >= 0.6 is 0 Å². The molecule has 0 bridgehead atoms. The molecule has 0 aliphatic carbocycles. The maximum absolute atomic E-state index is 13.3. The standard InChI is InChI=1S/C20H23FN2O3.C6H5F/c1-14(23-9-8-19(3-2-10-24)26-20(23)25)15-4-6-16(7-5-15)17-11-18(21)13-22-12-17;7-6-4-2-1-3-5-6/h4-7,11-14,19,24H,2-3,8-10H2,1H3;1-5H. The Bertz CT molecular complexity index is 1020. The predicted octanol–water partition coefficient (Wildman–Crippen LogP) is 5.76. The van der Waals surface area contributed by atoms with Crippen molar-refractivity contribution in [2.45, 2.75) is 38.3 Å². The number of nitrogens with zero attached hydrogens (tertiary/aromatic N) is 2. The van der Waals surface area contributed by atoms with Crippen LogP contribution in [0.15, 0.2) is 73.1 Å². The van der Waals surface area contributed by atoms with E-state index in [0.29, 0.717) is 24.9 Å². The van der Waals surface area contributed by atoms with Crippen molar-refractivity contribution in [1.82, 2.24) is 9.88 Å². The summed E-state index contributed by atoms with van der Waals surface area (Å²) in [6.07, 6.45) is 4.48. The second kappa shape index (κ2) is 12.1. The van der Waals surface area contributed by atoms with Crippen LogP contribution in [0.25, 0.3) is 11.1 Å². The van der Waals surface area contributed by atoms with Crippen molar-refractivity contribution in [3.8, 4) is 11.1 Å². The summed E-state index contributed by atoms with van der Waals surface area (Å²) in [7, 11) is 0. The highest BCUT2D eigenvalue weighted by atomic mass is 19.1. The van der Waals surface area contributed by atoms with E-state index < -0.39 is 0 Å². The van der Waals surface area contributed by atoms with Gasteiger partial charge in [0.25, 0.3) is 0 Å². The van der Waals surface area contributed by atoms with Crippen molar-refractivity contribution in [3.05, 3.63) is 90.3 Å². The zero-order valence-corrected chi connectivity index (χ0v) is 18.5. The minimum absolute atomic E-state index is 0.110. The Balaban J connectivity index is 0.000000374. The van der Waals surface area contributed by atoms with Gasteiger partial charge in [0.05, 0.1) is 12.2 Å². The SMILES string of the molecule is CC(c1ccc(-c2cncc(F)c2)cc1)N1CCC(CCCO)OC1=O.Fc1ccccc1. The number of hydrogen-bond acceptors (Lipinski definition) is 4. The summed E-state index contributed by atoms with van der Waals surface area (Å²) < 4.78 is 30.7. The van der Waals surface area contributed by atoms with Crippen LogP contribution in [-0.4, -0.2) is 40.3 Å². The predicted molar refractivity (Wildman–Crippen MR) is 122 cm³/mol. The van der Waals surface area contributed by atoms with Gasteiger partial charge < -0.3 is 14.7 Å². The van der Waals surface area contributed by atoms with Crippen molar-refractivity contribution in [3.63, 3.8) is 0 Å². The summed E-state index contributed by atoms with van der Waals surface area (Å²) in [5, 5.41) is 8.90. The van der Waals surface area contributed by atoms with E-state index in [2.05, 4.69) is 4.98 Å². The molecule has 2 heterocycles. The van der Waals surface area contributed by atoms with E-state index >= 15 is 0 Å². The summed E-state index contributed by atoms with van der Waals surface area (Å²) in [5.74, 6) is -0.547. The van der Waals surface area contributed by atoms with E-state index in [4.69, 9.17) is 9.84 Å². The first-order valence-electron chi connectivity index (χ1n) is 11.0. The van der Waals surface area contributed by atoms with Gasteiger partial charge in [-0.05, 0) is 49.1 Å². The number of amides is 1. The summed E-state index contributed by atoms with van der Waals surface area (Å²) in [4.78, 5) is 17.9. The van der Waals surface area contributed by atoms with E-state index in [0.717, 1.165) is 17.5 Å². The summed E-state index contributed by atoms with van der Waals surface area (Å²) in [6, 6.07) is 17.0. The zero-order chi connectivity index (χ0) is 23.6. The van der Waals surface area contributed by atoms with E-state index in [-0.39, 0.29) is 36.5 Å². The van der Waals surface area contributed by atoms with Gasteiger partial charge in [0.1, 0.15) is 17.7 Å². The number of halogens is 2. The van der Waals surface area contributed by atoms with Gasteiger partial charge in [-0.3, -0.25) is 4.98 Å². The number of pyridine rings is 1. The first-order valence-corrected chi connectivity index (χ1v) is 11.0. The van der Waals surface area contributed by atoms with Gasteiger partial charge in [0.2, 0.25) is 0 Å². The molecule has 5 nitrogen and oxygen atoms in total. The van der Waals surface area contributed by atoms with Gasteiger partial charge in [0, 0.05) is 31.3 Å². The third-order valence-electron chi connectivity index (χ3n) is 5.51. The molecule has 2 aromatic carbocycles. The number of ether oxygens (including phenoxy) is 1. The Kier molecular flexibility index (Phi) is 8.89. The lowest BCUT2D eigenvalue weighted by Crippen LogP contribution is -2.43. The normalized spacial score (nSPS) is 16.4. The van der Waals surface area contributed by atoms with E-state index in [9.17, 15) is 13.6 Å². The quantitative estimate of drug-likeness (QED) is 0.515. The van der Waals surface area contributed by atoms with Crippen molar-refractivity contribution < 1.29 is 23.4 Å². The van der Waals surface area contributed by atoms with Crippen molar-refractivity contribution in [2.75, 3.05) is 13.2 Å². The highest BCUT2D eigenvalue weighted by Crippen LogP contribution is 2.28. The van der Waals surface area contributed by atoms with Crippen molar-refractivity contribution in [2.24, 2.45) is 0 Å². The Morgan fingerprint density at radius 3 is 2.36 bits per heavy atom. The van der Waals surface area contributed by atoms with Crippen LogP contribution in [0.2, 0.25) is 0 Å². The van der Waals surface area contributed by atoms with Gasteiger partial charge in [-0.1, -0.05) is 42.5 Å². The fraction of sp³-hybridized carbons (Fsp3) is 0.308. The van der Waals surface area contributed by atoms with Gasteiger partial charge in [-0.2, -0.15) is 0 Å². The van der Waals surface area contributed by atoms with Gasteiger partial charge >= 0.3 is 6.09 Å². The minimum atomic E-state index is -0.369. The Morgan fingerprint density at radius 2 is 1.79 bits per heavy atom. The molecule has 33 heavy (non-hydrogen) atoms. The summed E-state index contributed by atoms with van der Waals surface area (Å²) >= 11 is 0. The van der Waals surface area contributed by atoms with Crippen LogP contribution in [-0.2, 0) is 4.74 Å². The fourth-order valence-corrected chi connectivity index (χ4v) is 3.64. The molecule has 1 aliphatic heterocycles. The monoisotopic (exact) mass is 454 g/mol. The molecule has 7 heteroatoms. The third kappa shape index (κ3) is 7.08. The maximum atomic E-state index is 13.3. The molecule has 0 saturated carbocycles. The average Bonchev–Trinajstić information content (AvgIpc) is 2.83. The van der Waals surface area contributed by atoms with Crippen LogP contribution < -0.4 is 0 Å². The number of cyclic esters (lactones) is 1. The minimum Gasteiger partial charge on any atom is -0.446 e. The molecule has 4 rings (SSSR count). The van der Waals surface area contributed by atoms with Crippen LogP contribution in [0.4, 0.5) is 13.6 Å². The van der Waals surface area contributed by atoms with E-state index in [1.54, 1.807) is 29.3 Å². The fourth-order valence-electron chi connectivity index (χ4n) is 3.64. The molecule has 0 spiro atoms. The van der Waals surface area contributed by atoms with Crippen LogP contribution in [0.5, 0.6) is 0 Å². The van der Waals surface area contributed by atoms with Gasteiger partial charge in [-0.15, -0.1) is 0 Å². The van der Waals surface area contributed by atoms with Crippen LogP contribution in [0, 0.1) is 11.6 Å². The zero-order valence-electron chi connectivity index (χ0n) is 18.5. The molecule has 0 radical (unpaired) electrons. The number of carbonyl (C=O) groups is 1. The number of aliphatic hydroxyl groups excluding tert-OH is 1. The molecule has 1 aliphatic rings. The number of aliphatic hydroxyl groups is 1. The lowest BCUT2D eigenvalue weighted by molar-refractivity contribution is 0.00760. The topological polar surface area (TPSA) is 62.7 Å². The highest BCUT2D eigenvalue weighted by Gasteiger charge is 2.30. The smallest absolute Gasteiger partial charge is 0.410 e. The third-order valence-corrected chi connectivity index (χ3v) is 5.51. The number of benzene rings is 2. The largest absolute Gasteiger partial charge is 0.446 e. The van der Waals surface area contributed by atoms with Gasteiger partial charge in [0.15, 0.2) is 0 Å². The molecule has 1 aromatic heterocycles. The first kappa shape index (κ1) is 24.3. The van der Waals surface area contributed by atoms with Gasteiger partial charge in [-0.25, -0.2) is 13.6 Å².